The van der Waals surface area contributed by atoms with Crippen LogP contribution in [0.3, 0.4) is 0 Å². The summed E-state index contributed by atoms with van der Waals surface area (Å²) in [5, 5.41) is 14.9. The van der Waals surface area contributed by atoms with Crippen LogP contribution in [-0.2, 0) is 6.61 Å². The summed E-state index contributed by atoms with van der Waals surface area (Å²) in [5.41, 5.74) is 4.11. The molecule has 0 saturated carbocycles. The van der Waals surface area contributed by atoms with Gasteiger partial charge in [-0.1, -0.05) is 28.1 Å². The van der Waals surface area contributed by atoms with Gasteiger partial charge in [0.1, 0.15) is 18.1 Å². The van der Waals surface area contributed by atoms with E-state index in [2.05, 4.69) is 26.5 Å². The van der Waals surface area contributed by atoms with Gasteiger partial charge >= 0.3 is 0 Å². The van der Waals surface area contributed by atoms with Gasteiger partial charge in [-0.3, -0.25) is 14.9 Å². The molecule has 0 spiro atoms. The number of amides is 1. The van der Waals surface area contributed by atoms with E-state index in [1.54, 1.807) is 31.2 Å². The molecule has 8 nitrogen and oxygen atoms in total. The molecule has 3 aromatic carbocycles. The fraction of sp³-hybridized carbons (Fsp3) is 0.130. The lowest BCUT2D eigenvalue weighted by Crippen LogP contribution is -2.17. The molecule has 3 rings (SSSR count). The van der Waals surface area contributed by atoms with E-state index in [9.17, 15) is 14.9 Å². The maximum atomic E-state index is 12.3. The second-order valence-corrected chi connectivity index (χ2v) is 7.47. The molecule has 0 atom stereocenters. The highest BCUT2D eigenvalue weighted by molar-refractivity contribution is 9.10. The van der Waals surface area contributed by atoms with E-state index in [1.807, 2.05) is 24.3 Å². The van der Waals surface area contributed by atoms with Crippen molar-refractivity contribution in [3.8, 4) is 11.5 Å². The first-order valence-electron chi connectivity index (χ1n) is 9.68. The summed E-state index contributed by atoms with van der Waals surface area (Å²) in [7, 11) is 0. The number of nitrogens with zero attached hydrogens (tertiary/aromatic N) is 2. The van der Waals surface area contributed by atoms with Gasteiger partial charge in [0, 0.05) is 27.7 Å². The molecule has 0 aliphatic carbocycles. The minimum atomic E-state index is -0.508. The van der Waals surface area contributed by atoms with E-state index in [-0.39, 0.29) is 5.69 Å². The average molecular weight is 498 g/mol. The number of nitro groups is 1. The van der Waals surface area contributed by atoms with Crippen molar-refractivity contribution in [1.29, 1.82) is 0 Å². The van der Waals surface area contributed by atoms with E-state index >= 15 is 0 Å². The number of nitrogens with one attached hydrogen (secondary N) is 1. The quantitative estimate of drug-likeness (QED) is 0.251. The van der Waals surface area contributed by atoms with Gasteiger partial charge in [0.05, 0.1) is 17.7 Å². The number of halogens is 1. The number of hydrogen-bond donors (Lipinski definition) is 1. The molecule has 0 bridgehead atoms. The molecule has 164 valence electrons. The molecule has 1 amide bonds. The number of hydrazone groups is 1. The van der Waals surface area contributed by atoms with Gasteiger partial charge in [0.15, 0.2) is 0 Å². The van der Waals surface area contributed by atoms with Crippen molar-refractivity contribution in [2.75, 3.05) is 6.61 Å². The van der Waals surface area contributed by atoms with Crippen LogP contribution >= 0.6 is 15.9 Å². The summed E-state index contributed by atoms with van der Waals surface area (Å²) >= 11 is 3.39. The Hall–Kier alpha value is -3.72. The number of carbonyl (C=O) groups excluding carboxylic acids is 1. The molecule has 3 aromatic rings. The summed E-state index contributed by atoms with van der Waals surface area (Å²) in [6.45, 7) is 2.60. The van der Waals surface area contributed by atoms with Crippen LogP contribution in [0, 0.1) is 10.1 Å². The molecule has 0 fully saturated rings. The summed E-state index contributed by atoms with van der Waals surface area (Å²) in [4.78, 5) is 22.8. The Morgan fingerprint density at radius 1 is 1.09 bits per heavy atom. The minimum Gasteiger partial charge on any atom is -0.493 e. The highest BCUT2D eigenvalue weighted by Crippen LogP contribution is 2.23. The standard InChI is InChI=1S/C23H20BrN3O5/c1-2-31-22-12-9-20(27(29)30)13-18(22)14-25-26-23(28)17-5-10-21(11-6-17)32-15-16-3-7-19(24)8-4-16/h3-14H,2,15H2,1H3,(H,26,28)/b25-14-. The summed E-state index contributed by atoms with van der Waals surface area (Å²) in [6, 6.07) is 18.6. The number of ether oxygens (including phenoxy) is 2. The molecular weight excluding hydrogens is 478 g/mol. The molecule has 0 unspecified atom stereocenters. The van der Waals surface area contributed by atoms with E-state index in [0.29, 0.717) is 35.8 Å². The Balaban J connectivity index is 1.60. The van der Waals surface area contributed by atoms with Crippen LogP contribution in [0.25, 0.3) is 0 Å². The van der Waals surface area contributed by atoms with Crippen molar-refractivity contribution >= 4 is 33.7 Å². The Morgan fingerprint density at radius 3 is 2.47 bits per heavy atom. The van der Waals surface area contributed by atoms with E-state index in [1.165, 1.54) is 24.4 Å². The van der Waals surface area contributed by atoms with E-state index in [0.717, 1.165) is 10.0 Å². The molecular formula is C23H20BrN3O5. The van der Waals surface area contributed by atoms with Crippen LogP contribution < -0.4 is 14.9 Å². The third-order valence-electron chi connectivity index (χ3n) is 4.31. The monoisotopic (exact) mass is 497 g/mol. The third kappa shape index (κ3) is 6.39. The Labute approximate surface area is 193 Å². The molecule has 1 N–H and O–H groups in total. The van der Waals surface area contributed by atoms with Crippen molar-refractivity contribution in [3.63, 3.8) is 0 Å². The lowest BCUT2D eigenvalue weighted by atomic mass is 10.2. The van der Waals surface area contributed by atoms with Gasteiger partial charge in [-0.25, -0.2) is 5.43 Å². The second kappa shape index (κ2) is 11.1. The first kappa shape index (κ1) is 23.0. The molecule has 0 heterocycles. The number of nitro benzene ring substituents is 1. The minimum absolute atomic E-state index is 0.0973. The van der Waals surface area contributed by atoms with Crippen molar-refractivity contribution < 1.29 is 19.2 Å². The van der Waals surface area contributed by atoms with Crippen LogP contribution in [0.4, 0.5) is 5.69 Å². The lowest BCUT2D eigenvalue weighted by molar-refractivity contribution is -0.384. The number of non-ortho nitro benzene ring substituents is 1. The normalized spacial score (nSPS) is 10.7. The fourth-order valence-electron chi connectivity index (χ4n) is 2.71. The number of hydrogen-bond acceptors (Lipinski definition) is 6. The van der Waals surface area contributed by atoms with Crippen LogP contribution in [-0.4, -0.2) is 23.7 Å². The first-order valence-corrected chi connectivity index (χ1v) is 10.5. The largest absolute Gasteiger partial charge is 0.493 e. The summed E-state index contributed by atoms with van der Waals surface area (Å²) in [5.74, 6) is 0.637. The van der Waals surface area contributed by atoms with Gasteiger partial charge in [0.2, 0.25) is 0 Å². The van der Waals surface area contributed by atoms with Crippen molar-refractivity contribution in [3.05, 3.63) is 98.0 Å². The molecule has 0 saturated heterocycles. The lowest BCUT2D eigenvalue weighted by Gasteiger charge is -2.08. The zero-order valence-corrected chi connectivity index (χ0v) is 18.7. The zero-order chi connectivity index (χ0) is 22.9. The smallest absolute Gasteiger partial charge is 0.271 e. The Kier molecular flexibility index (Phi) is 7.93. The first-order chi connectivity index (χ1) is 15.5. The molecule has 0 radical (unpaired) electrons. The number of rotatable bonds is 9. The molecule has 0 aliphatic rings. The van der Waals surface area contributed by atoms with Crippen LogP contribution in [0.5, 0.6) is 11.5 Å². The second-order valence-electron chi connectivity index (χ2n) is 6.55. The third-order valence-corrected chi connectivity index (χ3v) is 4.84. The van der Waals surface area contributed by atoms with Gasteiger partial charge in [-0.2, -0.15) is 5.10 Å². The van der Waals surface area contributed by atoms with Crippen molar-refractivity contribution in [1.82, 2.24) is 5.43 Å². The molecule has 32 heavy (non-hydrogen) atoms. The summed E-state index contributed by atoms with van der Waals surface area (Å²) < 4.78 is 12.2. The SMILES string of the molecule is CCOc1ccc([N+](=O)[O-])cc1/C=N\NC(=O)c1ccc(OCc2ccc(Br)cc2)cc1. The van der Waals surface area contributed by atoms with Crippen LogP contribution in [0.1, 0.15) is 28.4 Å². The number of benzene rings is 3. The molecule has 0 aromatic heterocycles. The number of carbonyl (C=O) groups is 1. The predicted molar refractivity (Wildman–Crippen MR) is 124 cm³/mol. The molecule has 9 heteroatoms. The Bertz CT molecular complexity index is 1120. The van der Waals surface area contributed by atoms with Crippen molar-refractivity contribution in [2.24, 2.45) is 5.10 Å². The van der Waals surface area contributed by atoms with Crippen LogP contribution in [0.2, 0.25) is 0 Å². The highest BCUT2D eigenvalue weighted by Gasteiger charge is 2.11. The van der Waals surface area contributed by atoms with Gasteiger partial charge in [-0.15, -0.1) is 0 Å². The van der Waals surface area contributed by atoms with Gasteiger partial charge < -0.3 is 9.47 Å². The Morgan fingerprint density at radius 2 is 1.81 bits per heavy atom. The predicted octanol–water partition coefficient (Wildman–Crippen LogP) is 5.10. The van der Waals surface area contributed by atoms with Gasteiger partial charge in [-0.05, 0) is 55.0 Å². The topological polar surface area (TPSA) is 103 Å². The van der Waals surface area contributed by atoms with Crippen LogP contribution in [0.15, 0.2) is 76.3 Å². The maximum Gasteiger partial charge on any atom is 0.271 e. The summed E-state index contributed by atoms with van der Waals surface area (Å²) in [6.07, 6.45) is 1.31. The van der Waals surface area contributed by atoms with E-state index < -0.39 is 10.8 Å². The highest BCUT2D eigenvalue weighted by atomic mass is 79.9. The van der Waals surface area contributed by atoms with Crippen molar-refractivity contribution in [2.45, 2.75) is 13.5 Å². The van der Waals surface area contributed by atoms with E-state index in [4.69, 9.17) is 9.47 Å². The van der Waals surface area contributed by atoms with Gasteiger partial charge in [0.25, 0.3) is 11.6 Å². The zero-order valence-electron chi connectivity index (χ0n) is 17.2. The molecule has 0 aliphatic heterocycles. The average Bonchev–Trinajstić information content (AvgIpc) is 2.80. The fourth-order valence-corrected chi connectivity index (χ4v) is 2.98. The maximum absolute atomic E-state index is 12.3.